The molecule has 1 aromatic heterocycles. The second kappa shape index (κ2) is 9.11. The Kier molecular flexibility index (Phi) is 6.53. The lowest BCUT2D eigenvalue weighted by atomic mass is 10.1. The van der Waals surface area contributed by atoms with Crippen LogP contribution in [0.3, 0.4) is 0 Å². The summed E-state index contributed by atoms with van der Waals surface area (Å²) in [5.41, 5.74) is 0.647. The molecule has 0 atom stereocenters. The van der Waals surface area contributed by atoms with Crippen LogP contribution in [0.5, 0.6) is 11.5 Å². The average Bonchev–Trinajstić information content (AvgIpc) is 3.07. The molecular weight excluding hydrogens is 415 g/mol. The summed E-state index contributed by atoms with van der Waals surface area (Å²) in [6.07, 6.45) is -4.54. The van der Waals surface area contributed by atoms with E-state index in [0.29, 0.717) is 17.2 Å². The van der Waals surface area contributed by atoms with Crippen LogP contribution in [0, 0.1) is 13.8 Å². The molecule has 0 amide bonds. The van der Waals surface area contributed by atoms with Crippen molar-refractivity contribution in [1.82, 2.24) is 5.16 Å². The van der Waals surface area contributed by atoms with Crippen molar-refractivity contribution < 1.29 is 36.7 Å². The molecule has 3 aromatic rings. The number of carbonyl (C=O) groups is 1. The Morgan fingerprint density at radius 2 is 1.81 bits per heavy atom. The molecule has 3 rings (SSSR count). The number of rotatable bonds is 7. The van der Waals surface area contributed by atoms with Crippen molar-refractivity contribution in [2.24, 2.45) is 0 Å². The van der Waals surface area contributed by atoms with Crippen LogP contribution in [0.25, 0.3) is 0 Å². The van der Waals surface area contributed by atoms with Crippen molar-refractivity contribution >= 4 is 5.97 Å². The van der Waals surface area contributed by atoms with Crippen LogP contribution in [0.1, 0.15) is 38.5 Å². The molecule has 164 valence electrons. The van der Waals surface area contributed by atoms with Gasteiger partial charge in [-0.25, -0.2) is 4.79 Å². The van der Waals surface area contributed by atoms with E-state index in [0.717, 1.165) is 11.6 Å². The van der Waals surface area contributed by atoms with Gasteiger partial charge in [-0.1, -0.05) is 23.4 Å². The van der Waals surface area contributed by atoms with Crippen molar-refractivity contribution in [3.8, 4) is 11.5 Å². The highest BCUT2D eigenvalue weighted by Gasteiger charge is 2.33. The molecule has 0 saturated carbocycles. The number of ether oxygens (including phenoxy) is 3. The highest BCUT2D eigenvalue weighted by atomic mass is 19.4. The summed E-state index contributed by atoms with van der Waals surface area (Å²) in [7, 11) is 1.41. The number of benzene rings is 2. The summed E-state index contributed by atoms with van der Waals surface area (Å²) >= 11 is 0. The number of nitrogens with zero attached hydrogens (tertiary/aromatic N) is 1. The zero-order valence-corrected chi connectivity index (χ0v) is 17.1. The number of methoxy groups -OCH3 is 1. The molecule has 2 aromatic carbocycles. The molecule has 0 aliphatic heterocycles. The highest BCUT2D eigenvalue weighted by Crippen LogP contribution is 2.33. The lowest BCUT2D eigenvalue weighted by molar-refractivity contribution is -0.138. The van der Waals surface area contributed by atoms with E-state index in [2.05, 4.69) is 5.16 Å². The monoisotopic (exact) mass is 435 g/mol. The van der Waals surface area contributed by atoms with Gasteiger partial charge in [0.15, 0.2) is 11.5 Å². The Balaban J connectivity index is 1.70. The molecule has 9 heteroatoms. The number of halogens is 3. The van der Waals surface area contributed by atoms with Gasteiger partial charge in [0.25, 0.3) is 0 Å². The van der Waals surface area contributed by atoms with Gasteiger partial charge in [-0.15, -0.1) is 0 Å². The number of alkyl halides is 3. The van der Waals surface area contributed by atoms with Gasteiger partial charge in [-0.2, -0.15) is 13.2 Å². The molecule has 1 heterocycles. The molecule has 0 aliphatic carbocycles. The molecule has 31 heavy (non-hydrogen) atoms. The van der Waals surface area contributed by atoms with Crippen LogP contribution in [-0.4, -0.2) is 18.2 Å². The minimum absolute atomic E-state index is 0.117. The van der Waals surface area contributed by atoms with Crippen LogP contribution in [0.2, 0.25) is 0 Å². The maximum absolute atomic E-state index is 13.1. The second-order valence-corrected chi connectivity index (χ2v) is 6.69. The predicted molar refractivity (Wildman–Crippen MR) is 104 cm³/mol. The highest BCUT2D eigenvalue weighted by molar-refractivity contribution is 5.90. The molecule has 0 radical (unpaired) electrons. The Hall–Kier alpha value is -3.49. The minimum Gasteiger partial charge on any atom is -0.493 e. The zero-order valence-electron chi connectivity index (χ0n) is 17.1. The molecule has 6 nitrogen and oxygen atoms in total. The Morgan fingerprint density at radius 3 is 2.45 bits per heavy atom. The average molecular weight is 435 g/mol. The van der Waals surface area contributed by atoms with Crippen LogP contribution in [0.15, 0.2) is 47.0 Å². The number of hydrogen-bond acceptors (Lipinski definition) is 6. The summed E-state index contributed by atoms with van der Waals surface area (Å²) in [6, 6.07) is 9.31. The van der Waals surface area contributed by atoms with Crippen molar-refractivity contribution in [2.75, 3.05) is 7.11 Å². The van der Waals surface area contributed by atoms with E-state index in [1.165, 1.54) is 43.5 Å². The summed E-state index contributed by atoms with van der Waals surface area (Å²) in [6.45, 7) is 3.24. The van der Waals surface area contributed by atoms with Gasteiger partial charge in [0.05, 0.1) is 29.5 Å². The quantitative estimate of drug-likeness (QED) is 0.472. The molecule has 0 aliphatic rings. The topological polar surface area (TPSA) is 70.8 Å². The standard InChI is InChI=1S/C22H20F3NO5/c1-13-17(14(2)31-26-13)12-29-19-9-8-15(10-20(19)28-3)21(27)30-11-16-6-4-5-7-18(16)22(23,24)25/h4-10H,11-12H2,1-3H3. The zero-order chi connectivity index (χ0) is 22.6. The van der Waals surface area contributed by atoms with Gasteiger partial charge in [0, 0.05) is 5.56 Å². The van der Waals surface area contributed by atoms with Crippen molar-refractivity contribution in [3.63, 3.8) is 0 Å². The first kappa shape index (κ1) is 22.2. The molecule has 0 spiro atoms. The molecule has 0 fully saturated rings. The van der Waals surface area contributed by atoms with E-state index in [1.54, 1.807) is 13.8 Å². The van der Waals surface area contributed by atoms with Gasteiger partial charge < -0.3 is 18.7 Å². The van der Waals surface area contributed by atoms with Gasteiger partial charge in [-0.3, -0.25) is 0 Å². The largest absolute Gasteiger partial charge is 0.493 e. The van der Waals surface area contributed by atoms with Gasteiger partial charge in [0.1, 0.15) is 19.0 Å². The fourth-order valence-electron chi connectivity index (χ4n) is 2.92. The smallest absolute Gasteiger partial charge is 0.416 e. The molecule has 0 bridgehead atoms. The third-order valence-corrected chi connectivity index (χ3v) is 4.63. The molecule has 0 saturated heterocycles. The summed E-state index contributed by atoms with van der Waals surface area (Å²) in [5, 5.41) is 3.86. The van der Waals surface area contributed by atoms with E-state index in [4.69, 9.17) is 18.7 Å². The molecule has 0 N–H and O–H groups in total. The maximum Gasteiger partial charge on any atom is 0.416 e. The van der Waals surface area contributed by atoms with Crippen molar-refractivity contribution in [2.45, 2.75) is 33.2 Å². The van der Waals surface area contributed by atoms with E-state index in [-0.39, 0.29) is 23.5 Å². The minimum atomic E-state index is -4.54. The van der Waals surface area contributed by atoms with E-state index in [1.807, 2.05) is 0 Å². The SMILES string of the molecule is COc1cc(C(=O)OCc2ccccc2C(F)(F)F)ccc1OCc1c(C)noc1C. The van der Waals surface area contributed by atoms with E-state index >= 15 is 0 Å². The van der Waals surface area contributed by atoms with E-state index in [9.17, 15) is 18.0 Å². The summed E-state index contributed by atoms with van der Waals surface area (Å²) in [4.78, 5) is 12.4. The van der Waals surface area contributed by atoms with Crippen LogP contribution in [0.4, 0.5) is 13.2 Å². The summed E-state index contributed by atoms with van der Waals surface area (Å²) in [5.74, 6) is 0.502. The third-order valence-electron chi connectivity index (χ3n) is 4.63. The number of aryl methyl sites for hydroxylation is 2. The molecular formula is C22H20F3NO5. The Labute approximate surface area is 176 Å². The fourth-order valence-corrected chi connectivity index (χ4v) is 2.92. The Bertz CT molecular complexity index is 1060. The molecule has 0 unspecified atom stereocenters. The van der Waals surface area contributed by atoms with Crippen LogP contribution >= 0.6 is 0 Å². The first-order chi connectivity index (χ1) is 14.7. The first-order valence-electron chi connectivity index (χ1n) is 9.25. The Morgan fingerprint density at radius 1 is 1.06 bits per heavy atom. The summed E-state index contributed by atoms with van der Waals surface area (Å²) < 4.78 is 60.4. The lowest BCUT2D eigenvalue weighted by Gasteiger charge is -2.14. The van der Waals surface area contributed by atoms with Crippen LogP contribution < -0.4 is 9.47 Å². The lowest BCUT2D eigenvalue weighted by Crippen LogP contribution is -2.12. The fraction of sp³-hybridized carbons (Fsp3) is 0.273. The van der Waals surface area contributed by atoms with Gasteiger partial charge in [0.2, 0.25) is 0 Å². The van der Waals surface area contributed by atoms with Crippen molar-refractivity contribution in [3.05, 3.63) is 76.2 Å². The van der Waals surface area contributed by atoms with E-state index < -0.39 is 24.3 Å². The number of carbonyl (C=O) groups excluding carboxylic acids is 1. The normalized spacial score (nSPS) is 11.3. The third kappa shape index (κ3) is 5.17. The maximum atomic E-state index is 13.1. The number of esters is 1. The van der Waals surface area contributed by atoms with Crippen molar-refractivity contribution in [1.29, 1.82) is 0 Å². The van der Waals surface area contributed by atoms with Crippen LogP contribution in [-0.2, 0) is 24.1 Å². The first-order valence-corrected chi connectivity index (χ1v) is 9.25. The number of aromatic nitrogens is 1. The van der Waals surface area contributed by atoms with Gasteiger partial charge in [-0.05, 0) is 38.1 Å². The predicted octanol–water partition coefficient (Wildman–Crippen LogP) is 5.25. The second-order valence-electron chi connectivity index (χ2n) is 6.69. The number of hydrogen-bond donors (Lipinski definition) is 0. The van der Waals surface area contributed by atoms with Gasteiger partial charge >= 0.3 is 12.1 Å².